The van der Waals surface area contributed by atoms with E-state index in [1.807, 2.05) is 4.72 Å². The molecule has 4 rings (SSSR count). The van der Waals surface area contributed by atoms with Gasteiger partial charge in [0.25, 0.3) is 15.9 Å². The zero-order chi connectivity index (χ0) is 26.3. The summed E-state index contributed by atoms with van der Waals surface area (Å²) in [5.41, 5.74) is 0.0553. The Bertz CT molecular complexity index is 1520. The predicted octanol–water partition coefficient (Wildman–Crippen LogP) is 4.60. The number of hydrazone groups is 1. The fourth-order valence-electron chi connectivity index (χ4n) is 3.45. The summed E-state index contributed by atoms with van der Waals surface area (Å²) in [5, 5.41) is 4.99. The van der Waals surface area contributed by atoms with E-state index in [0.29, 0.717) is 17.0 Å². The molecular weight excluding hydrogens is 499 g/mol. The van der Waals surface area contributed by atoms with E-state index in [2.05, 4.69) is 5.10 Å². The number of rotatable bonds is 5. The summed E-state index contributed by atoms with van der Waals surface area (Å²) in [6.45, 7) is 2.64. The van der Waals surface area contributed by atoms with E-state index in [1.54, 1.807) is 19.1 Å². The maximum atomic E-state index is 13.1. The van der Waals surface area contributed by atoms with Crippen LogP contribution < -0.4 is 9.73 Å². The van der Waals surface area contributed by atoms with Crippen LogP contribution in [0.15, 0.2) is 80.7 Å². The molecule has 2 heterocycles. The van der Waals surface area contributed by atoms with Crippen molar-refractivity contribution in [1.82, 2.24) is 4.72 Å². The zero-order valence-corrected chi connectivity index (χ0v) is 19.6. The fraction of sp³-hybridized carbons (Fsp3) is 0.125. The number of sulfonamides is 1. The molecule has 0 unspecified atom stereocenters. The highest BCUT2D eigenvalue weighted by Gasteiger charge is 2.33. The Kier molecular flexibility index (Phi) is 6.31. The smallest absolute Gasteiger partial charge is 0.416 e. The molecular formula is C24H18F3N3O5S. The van der Waals surface area contributed by atoms with Gasteiger partial charge in [-0.2, -0.15) is 23.3 Å². The zero-order valence-electron chi connectivity index (χ0n) is 18.8. The van der Waals surface area contributed by atoms with Crippen molar-refractivity contribution < 1.29 is 35.6 Å². The lowest BCUT2D eigenvalue weighted by Crippen LogP contribution is -2.28. The van der Waals surface area contributed by atoms with Gasteiger partial charge in [-0.15, -0.1) is 0 Å². The molecule has 186 valence electrons. The molecule has 0 fully saturated rings. The monoisotopic (exact) mass is 517 g/mol. The topological polar surface area (TPSA) is 109 Å². The molecule has 1 aliphatic rings. The molecule has 2 aromatic carbocycles. The maximum absolute atomic E-state index is 13.1. The van der Waals surface area contributed by atoms with Gasteiger partial charge in [0.2, 0.25) is 5.91 Å². The van der Waals surface area contributed by atoms with Gasteiger partial charge < -0.3 is 4.42 Å². The second-order valence-corrected chi connectivity index (χ2v) is 9.48. The molecule has 8 nitrogen and oxygen atoms in total. The molecule has 2 amide bonds. The molecule has 36 heavy (non-hydrogen) atoms. The first kappa shape index (κ1) is 24.9. The molecule has 12 heteroatoms. The lowest BCUT2D eigenvalue weighted by atomic mass is 10.1. The van der Waals surface area contributed by atoms with Gasteiger partial charge in [0.15, 0.2) is 0 Å². The van der Waals surface area contributed by atoms with Crippen molar-refractivity contribution in [2.24, 2.45) is 5.10 Å². The summed E-state index contributed by atoms with van der Waals surface area (Å²) in [6.07, 6.45) is -3.14. The molecule has 0 bridgehead atoms. The minimum absolute atomic E-state index is 0.0213. The van der Waals surface area contributed by atoms with Crippen LogP contribution in [0, 0.1) is 0 Å². The van der Waals surface area contributed by atoms with Crippen molar-refractivity contribution in [3.05, 3.63) is 77.6 Å². The number of halogens is 3. The molecule has 1 aromatic heterocycles. The van der Waals surface area contributed by atoms with Crippen LogP contribution in [0.3, 0.4) is 0 Å². The SMILES string of the molecule is CC(=O)NS(=O)(=O)c1ccc(-c2ccc(C=C3C(=O)N(c4cccc(C(F)(F)F)c4)N=C3C)o2)cc1. The Hall–Kier alpha value is -4.19. The maximum Gasteiger partial charge on any atom is 0.416 e. The second kappa shape index (κ2) is 9.11. The largest absolute Gasteiger partial charge is 0.457 e. The van der Waals surface area contributed by atoms with E-state index in [1.165, 1.54) is 42.5 Å². The van der Waals surface area contributed by atoms with Crippen LogP contribution in [0.1, 0.15) is 25.2 Å². The Morgan fingerprint density at radius 2 is 1.78 bits per heavy atom. The first-order chi connectivity index (χ1) is 16.8. The summed E-state index contributed by atoms with van der Waals surface area (Å²) in [5.74, 6) is -0.671. The number of amides is 2. The normalized spacial score (nSPS) is 15.4. The van der Waals surface area contributed by atoms with Gasteiger partial charge in [-0.05, 0) is 67.6 Å². The van der Waals surface area contributed by atoms with Crippen molar-refractivity contribution >= 4 is 39.3 Å². The predicted molar refractivity (Wildman–Crippen MR) is 125 cm³/mol. The minimum atomic E-state index is -4.56. The van der Waals surface area contributed by atoms with Crippen LogP contribution in [0.2, 0.25) is 0 Å². The Labute approximate surface area is 203 Å². The first-order valence-corrected chi connectivity index (χ1v) is 11.9. The quantitative estimate of drug-likeness (QED) is 0.498. The summed E-state index contributed by atoms with van der Waals surface area (Å²) in [4.78, 5) is 23.9. The number of anilines is 1. The van der Waals surface area contributed by atoms with E-state index < -0.39 is 33.6 Å². The molecule has 0 spiro atoms. The summed E-state index contributed by atoms with van der Waals surface area (Å²) in [7, 11) is -3.98. The van der Waals surface area contributed by atoms with E-state index in [9.17, 15) is 31.2 Å². The fourth-order valence-corrected chi connectivity index (χ4v) is 4.44. The number of nitrogens with zero attached hydrogens (tertiary/aromatic N) is 2. The van der Waals surface area contributed by atoms with Gasteiger partial charge in [-0.25, -0.2) is 13.1 Å². The summed E-state index contributed by atoms with van der Waals surface area (Å²) >= 11 is 0. The molecule has 0 saturated heterocycles. The van der Waals surface area contributed by atoms with Crippen molar-refractivity contribution in [2.45, 2.75) is 24.9 Å². The standard InChI is InChI=1S/C24H18F3N3O5S/c1-14-21(23(32)30(28-14)18-5-3-4-17(12-18)24(25,26)27)13-19-8-11-22(35-19)16-6-9-20(10-7-16)36(33,34)29-15(2)31/h3-13H,1-2H3,(H,29,31). The van der Waals surface area contributed by atoms with Crippen LogP contribution in [-0.4, -0.2) is 25.9 Å². The number of furan rings is 1. The number of benzene rings is 2. The van der Waals surface area contributed by atoms with Crippen molar-refractivity contribution in [2.75, 3.05) is 5.01 Å². The highest BCUT2D eigenvalue weighted by Crippen LogP contribution is 2.33. The molecule has 0 atom stereocenters. The van der Waals surface area contributed by atoms with E-state index in [4.69, 9.17) is 4.42 Å². The summed E-state index contributed by atoms with van der Waals surface area (Å²) in [6, 6.07) is 13.1. The lowest BCUT2D eigenvalue weighted by Gasteiger charge is -2.14. The van der Waals surface area contributed by atoms with Gasteiger partial charge in [-0.3, -0.25) is 9.59 Å². The van der Waals surface area contributed by atoms with Gasteiger partial charge in [0.05, 0.1) is 27.4 Å². The molecule has 3 aromatic rings. The van der Waals surface area contributed by atoms with Gasteiger partial charge >= 0.3 is 6.18 Å². The molecule has 1 N–H and O–H groups in total. The minimum Gasteiger partial charge on any atom is -0.457 e. The number of carbonyl (C=O) groups excluding carboxylic acids is 2. The molecule has 0 aliphatic carbocycles. The Balaban J connectivity index is 1.56. The van der Waals surface area contributed by atoms with Crippen molar-refractivity contribution in [3.63, 3.8) is 0 Å². The van der Waals surface area contributed by atoms with Crippen molar-refractivity contribution in [1.29, 1.82) is 0 Å². The van der Waals surface area contributed by atoms with E-state index >= 15 is 0 Å². The Morgan fingerprint density at radius 3 is 2.42 bits per heavy atom. The van der Waals surface area contributed by atoms with Gasteiger partial charge in [0, 0.05) is 12.5 Å². The third kappa shape index (κ3) is 5.08. The highest BCUT2D eigenvalue weighted by molar-refractivity contribution is 7.90. The molecule has 0 radical (unpaired) electrons. The molecule has 1 aliphatic heterocycles. The number of hydrogen-bond acceptors (Lipinski definition) is 6. The summed E-state index contributed by atoms with van der Waals surface area (Å²) < 4.78 is 71.0. The van der Waals surface area contributed by atoms with E-state index in [0.717, 1.165) is 24.1 Å². The third-order valence-corrected chi connectivity index (χ3v) is 6.57. The first-order valence-electron chi connectivity index (χ1n) is 10.4. The average Bonchev–Trinajstić information content (AvgIpc) is 3.38. The lowest BCUT2D eigenvalue weighted by molar-refractivity contribution is -0.137. The molecule has 0 saturated carbocycles. The number of nitrogens with one attached hydrogen (secondary N) is 1. The van der Waals surface area contributed by atoms with Gasteiger partial charge in [0.1, 0.15) is 11.5 Å². The van der Waals surface area contributed by atoms with Crippen LogP contribution in [0.5, 0.6) is 0 Å². The van der Waals surface area contributed by atoms with E-state index in [-0.39, 0.29) is 21.9 Å². The van der Waals surface area contributed by atoms with Crippen LogP contribution >= 0.6 is 0 Å². The van der Waals surface area contributed by atoms with Crippen LogP contribution in [-0.2, 0) is 25.8 Å². The third-order valence-electron chi connectivity index (χ3n) is 5.12. The number of carbonyl (C=O) groups is 2. The second-order valence-electron chi connectivity index (χ2n) is 7.80. The van der Waals surface area contributed by atoms with Gasteiger partial charge in [-0.1, -0.05) is 6.07 Å². The number of hydrogen-bond donors (Lipinski definition) is 1. The van der Waals surface area contributed by atoms with Crippen LogP contribution in [0.25, 0.3) is 17.4 Å². The highest BCUT2D eigenvalue weighted by atomic mass is 32.2. The number of alkyl halides is 3. The Morgan fingerprint density at radius 1 is 1.08 bits per heavy atom. The van der Waals surface area contributed by atoms with Crippen molar-refractivity contribution in [3.8, 4) is 11.3 Å². The van der Waals surface area contributed by atoms with Crippen LogP contribution in [0.4, 0.5) is 18.9 Å². The average molecular weight is 517 g/mol.